The van der Waals surface area contributed by atoms with Crippen molar-refractivity contribution >= 4 is 0 Å². The molecule has 0 bridgehead atoms. The fourth-order valence-electron chi connectivity index (χ4n) is 2.86. The highest BCUT2D eigenvalue weighted by Gasteiger charge is 2.42. The fraction of sp³-hybridized carbons (Fsp3) is 0.786. The summed E-state index contributed by atoms with van der Waals surface area (Å²) < 4.78 is 40.2. The molecule has 20 heavy (non-hydrogen) atoms. The van der Waals surface area contributed by atoms with Crippen molar-refractivity contribution < 1.29 is 13.2 Å². The van der Waals surface area contributed by atoms with Gasteiger partial charge in [-0.15, -0.1) is 0 Å². The third-order valence-electron chi connectivity index (χ3n) is 4.10. The van der Waals surface area contributed by atoms with E-state index in [0.717, 1.165) is 18.5 Å². The van der Waals surface area contributed by atoms with Gasteiger partial charge in [0.1, 0.15) is 0 Å². The highest BCUT2D eigenvalue weighted by molar-refractivity contribution is 5.09. The van der Waals surface area contributed by atoms with Gasteiger partial charge in [-0.3, -0.25) is 4.68 Å². The van der Waals surface area contributed by atoms with E-state index in [4.69, 9.17) is 0 Å². The van der Waals surface area contributed by atoms with Crippen LogP contribution in [0.1, 0.15) is 51.1 Å². The average molecular weight is 289 g/mol. The molecule has 0 amide bonds. The van der Waals surface area contributed by atoms with Crippen molar-refractivity contribution in [2.24, 2.45) is 5.92 Å². The zero-order valence-electron chi connectivity index (χ0n) is 12.0. The van der Waals surface area contributed by atoms with Crippen LogP contribution in [0, 0.1) is 5.92 Å². The average Bonchev–Trinajstić information content (AvgIpc) is 2.87. The molecule has 1 aliphatic rings. The Kier molecular flexibility index (Phi) is 4.73. The quantitative estimate of drug-likeness (QED) is 0.916. The van der Waals surface area contributed by atoms with Crippen LogP contribution < -0.4 is 5.32 Å². The molecular weight excluding hydrogens is 267 g/mol. The van der Waals surface area contributed by atoms with Gasteiger partial charge in [0.15, 0.2) is 0 Å². The Balaban J connectivity index is 1.92. The SMILES string of the molecule is CCn1cc(C(C)NC2CCCC(C(F)(F)F)C2)cn1. The number of nitrogens with one attached hydrogen (secondary N) is 1. The molecular formula is C14H22F3N3. The third-order valence-corrected chi connectivity index (χ3v) is 4.10. The van der Waals surface area contributed by atoms with E-state index in [1.807, 2.05) is 24.7 Å². The van der Waals surface area contributed by atoms with E-state index in [2.05, 4.69) is 10.4 Å². The van der Waals surface area contributed by atoms with Crippen molar-refractivity contribution in [2.45, 2.75) is 64.3 Å². The molecule has 2 rings (SSSR count). The number of halogens is 3. The molecule has 0 radical (unpaired) electrons. The number of hydrogen-bond acceptors (Lipinski definition) is 2. The van der Waals surface area contributed by atoms with Gasteiger partial charge in [-0.25, -0.2) is 0 Å². The van der Waals surface area contributed by atoms with Crippen molar-refractivity contribution in [3.63, 3.8) is 0 Å². The topological polar surface area (TPSA) is 29.9 Å². The lowest BCUT2D eigenvalue weighted by atomic mass is 9.85. The van der Waals surface area contributed by atoms with Crippen LogP contribution in [0.5, 0.6) is 0 Å². The molecule has 0 saturated heterocycles. The summed E-state index contributed by atoms with van der Waals surface area (Å²) in [6.45, 7) is 4.78. The van der Waals surface area contributed by atoms with Crippen LogP contribution in [-0.4, -0.2) is 22.0 Å². The zero-order valence-corrected chi connectivity index (χ0v) is 12.0. The molecule has 3 nitrogen and oxygen atoms in total. The molecule has 3 unspecified atom stereocenters. The van der Waals surface area contributed by atoms with Gasteiger partial charge >= 0.3 is 6.18 Å². The molecule has 6 heteroatoms. The molecule has 114 valence electrons. The Labute approximate surface area is 117 Å². The number of aryl methyl sites for hydroxylation is 1. The van der Waals surface area contributed by atoms with Crippen LogP contribution in [0.2, 0.25) is 0 Å². The van der Waals surface area contributed by atoms with Crippen LogP contribution in [0.15, 0.2) is 12.4 Å². The Morgan fingerprint density at radius 3 is 2.80 bits per heavy atom. The minimum absolute atomic E-state index is 0.0345. The maximum Gasteiger partial charge on any atom is 0.391 e. The van der Waals surface area contributed by atoms with Crippen molar-refractivity contribution in [1.82, 2.24) is 15.1 Å². The van der Waals surface area contributed by atoms with Gasteiger partial charge in [0.2, 0.25) is 0 Å². The second-order valence-corrected chi connectivity index (χ2v) is 5.62. The molecule has 1 fully saturated rings. The van der Waals surface area contributed by atoms with Crippen LogP contribution in [-0.2, 0) is 6.54 Å². The summed E-state index contributed by atoms with van der Waals surface area (Å²) in [4.78, 5) is 0. The molecule has 1 aromatic rings. The minimum Gasteiger partial charge on any atom is -0.307 e. The van der Waals surface area contributed by atoms with E-state index < -0.39 is 12.1 Å². The number of nitrogens with zero attached hydrogens (tertiary/aromatic N) is 2. The van der Waals surface area contributed by atoms with Crippen molar-refractivity contribution in [1.29, 1.82) is 0 Å². The smallest absolute Gasteiger partial charge is 0.307 e. The fourth-order valence-corrected chi connectivity index (χ4v) is 2.86. The highest BCUT2D eigenvalue weighted by atomic mass is 19.4. The lowest BCUT2D eigenvalue weighted by Crippen LogP contribution is -2.39. The summed E-state index contributed by atoms with van der Waals surface area (Å²) in [6.07, 6.45) is 1.59. The molecule has 1 aromatic heterocycles. The van der Waals surface area contributed by atoms with Crippen molar-refractivity contribution in [3.05, 3.63) is 18.0 Å². The maximum absolute atomic E-state index is 12.8. The lowest BCUT2D eigenvalue weighted by molar-refractivity contribution is -0.183. The predicted molar refractivity (Wildman–Crippen MR) is 71.3 cm³/mol. The molecule has 0 spiro atoms. The van der Waals surface area contributed by atoms with Gasteiger partial charge in [-0.05, 0) is 33.1 Å². The van der Waals surface area contributed by atoms with E-state index >= 15 is 0 Å². The largest absolute Gasteiger partial charge is 0.391 e. The van der Waals surface area contributed by atoms with E-state index in [-0.39, 0.29) is 24.9 Å². The number of hydrogen-bond donors (Lipinski definition) is 1. The predicted octanol–water partition coefficient (Wildman–Crippen LogP) is 3.67. The van der Waals surface area contributed by atoms with E-state index in [1.165, 1.54) is 0 Å². The minimum atomic E-state index is -4.06. The highest BCUT2D eigenvalue weighted by Crippen LogP contribution is 2.38. The van der Waals surface area contributed by atoms with Crippen molar-refractivity contribution in [3.8, 4) is 0 Å². The van der Waals surface area contributed by atoms with Gasteiger partial charge in [-0.1, -0.05) is 6.42 Å². The molecule has 1 aliphatic carbocycles. The maximum atomic E-state index is 12.8. The van der Waals surface area contributed by atoms with Crippen LogP contribution in [0.25, 0.3) is 0 Å². The first-order chi connectivity index (χ1) is 9.40. The Bertz CT molecular complexity index is 428. The van der Waals surface area contributed by atoms with Gasteiger partial charge in [0.05, 0.1) is 12.1 Å². The third kappa shape index (κ3) is 3.75. The summed E-state index contributed by atoms with van der Waals surface area (Å²) in [5, 5.41) is 7.52. The van der Waals surface area contributed by atoms with Gasteiger partial charge < -0.3 is 5.32 Å². The van der Waals surface area contributed by atoms with Crippen LogP contribution in [0.3, 0.4) is 0 Å². The first-order valence-corrected chi connectivity index (χ1v) is 7.25. The number of aromatic nitrogens is 2. The zero-order chi connectivity index (χ0) is 14.8. The summed E-state index contributed by atoms with van der Waals surface area (Å²) in [6, 6.07) is -0.0253. The first kappa shape index (κ1) is 15.4. The second kappa shape index (κ2) is 6.16. The second-order valence-electron chi connectivity index (χ2n) is 5.62. The number of rotatable bonds is 4. The molecule has 1 N–H and O–H groups in total. The monoisotopic (exact) mass is 289 g/mol. The van der Waals surface area contributed by atoms with Gasteiger partial charge in [-0.2, -0.15) is 18.3 Å². The van der Waals surface area contributed by atoms with Crippen LogP contribution in [0.4, 0.5) is 13.2 Å². The molecule has 0 aliphatic heterocycles. The van der Waals surface area contributed by atoms with E-state index in [9.17, 15) is 13.2 Å². The number of alkyl halides is 3. The summed E-state index contributed by atoms with van der Waals surface area (Å²) in [5.74, 6) is -1.15. The Morgan fingerprint density at radius 1 is 1.45 bits per heavy atom. The molecule has 3 atom stereocenters. The molecule has 1 saturated carbocycles. The Morgan fingerprint density at radius 2 is 2.20 bits per heavy atom. The van der Waals surface area contributed by atoms with Gasteiger partial charge in [0, 0.05) is 30.4 Å². The van der Waals surface area contributed by atoms with E-state index in [0.29, 0.717) is 6.42 Å². The summed E-state index contributed by atoms with van der Waals surface area (Å²) >= 11 is 0. The standard InChI is InChI=1S/C14H22F3N3/c1-3-20-9-11(8-18-20)10(2)19-13-6-4-5-12(7-13)14(15,16)17/h8-10,12-13,19H,3-7H2,1-2H3. The summed E-state index contributed by atoms with van der Waals surface area (Å²) in [5.41, 5.74) is 1.03. The Hall–Kier alpha value is -1.04. The lowest BCUT2D eigenvalue weighted by Gasteiger charge is -2.32. The van der Waals surface area contributed by atoms with Crippen molar-refractivity contribution in [2.75, 3.05) is 0 Å². The van der Waals surface area contributed by atoms with Gasteiger partial charge in [0.25, 0.3) is 0 Å². The normalized spacial score (nSPS) is 25.6. The first-order valence-electron chi connectivity index (χ1n) is 7.25. The molecule has 0 aromatic carbocycles. The van der Waals surface area contributed by atoms with Crippen LogP contribution >= 0.6 is 0 Å². The summed E-state index contributed by atoms with van der Waals surface area (Å²) in [7, 11) is 0. The van der Waals surface area contributed by atoms with E-state index in [1.54, 1.807) is 6.20 Å². The molecule has 1 heterocycles.